The number of nitrogens with one attached hydrogen (secondary N) is 2. The van der Waals surface area contributed by atoms with Gasteiger partial charge < -0.3 is 20.3 Å². The summed E-state index contributed by atoms with van der Waals surface area (Å²) in [6.07, 6.45) is 1.87. The van der Waals surface area contributed by atoms with E-state index in [-0.39, 0.29) is 18.4 Å². The van der Waals surface area contributed by atoms with Gasteiger partial charge in [-0.25, -0.2) is 0 Å². The second-order valence-corrected chi connectivity index (χ2v) is 9.09. The van der Waals surface area contributed by atoms with Crippen LogP contribution in [0.1, 0.15) is 27.9 Å². The first-order chi connectivity index (χ1) is 18.6. The van der Waals surface area contributed by atoms with Crippen LogP contribution >= 0.6 is 0 Å². The average Bonchev–Trinajstić information content (AvgIpc) is 2.95. The molecule has 0 heterocycles. The van der Waals surface area contributed by atoms with Gasteiger partial charge in [0.2, 0.25) is 5.91 Å². The molecule has 0 saturated carbocycles. The van der Waals surface area contributed by atoms with Gasteiger partial charge >= 0.3 is 0 Å². The summed E-state index contributed by atoms with van der Waals surface area (Å²) in [6.45, 7) is 1.19. The molecule has 0 fully saturated rings. The van der Waals surface area contributed by atoms with E-state index in [4.69, 9.17) is 4.74 Å². The van der Waals surface area contributed by atoms with Crippen LogP contribution in [-0.4, -0.2) is 36.9 Å². The third kappa shape index (κ3) is 8.23. The first-order valence-electron chi connectivity index (χ1n) is 12.8. The van der Waals surface area contributed by atoms with Crippen molar-refractivity contribution in [3.8, 4) is 5.75 Å². The lowest BCUT2D eigenvalue weighted by Crippen LogP contribution is -2.26. The van der Waals surface area contributed by atoms with Gasteiger partial charge in [-0.15, -0.1) is 0 Å². The van der Waals surface area contributed by atoms with E-state index in [0.29, 0.717) is 30.1 Å². The van der Waals surface area contributed by atoms with E-state index in [9.17, 15) is 9.59 Å². The van der Waals surface area contributed by atoms with Gasteiger partial charge in [0.1, 0.15) is 5.75 Å². The molecule has 194 valence electrons. The molecule has 4 aromatic rings. The summed E-state index contributed by atoms with van der Waals surface area (Å²) in [4.78, 5) is 27.1. The molecule has 38 heavy (non-hydrogen) atoms. The van der Waals surface area contributed by atoms with Crippen LogP contribution in [0.5, 0.6) is 5.75 Å². The Kier molecular flexibility index (Phi) is 9.51. The number of rotatable bonds is 12. The van der Waals surface area contributed by atoms with Gasteiger partial charge in [-0.2, -0.15) is 0 Å². The Morgan fingerprint density at radius 2 is 1.45 bits per heavy atom. The van der Waals surface area contributed by atoms with Crippen LogP contribution in [-0.2, 0) is 17.8 Å². The SMILES string of the molecule is CN(Cc1ccccc1)C(=O)c1cccc(NCC(=O)Nc2cccc(OCCCc3ccccc3)c2)c1. The van der Waals surface area contributed by atoms with Gasteiger partial charge in [0, 0.05) is 36.6 Å². The molecule has 2 amide bonds. The highest BCUT2D eigenvalue weighted by molar-refractivity contribution is 5.96. The molecule has 6 nitrogen and oxygen atoms in total. The molecule has 0 saturated heterocycles. The van der Waals surface area contributed by atoms with E-state index < -0.39 is 0 Å². The molecule has 4 rings (SSSR count). The lowest BCUT2D eigenvalue weighted by atomic mass is 10.1. The number of hydrogen-bond acceptors (Lipinski definition) is 4. The van der Waals surface area contributed by atoms with Crippen LogP contribution in [0, 0.1) is 0 Å². The number of carbonyl (C=O) groups is 2. The second-order valence-electron chi connectivity index (χ2n) is 9.09. The van der Waals surface area contributed by atoms with E-state index in [1.165, 1.54) is 5.56 Å². The zero-order valence-corrected chi connectivity index (χ0v) is 21.6. The normalized spacial score (nSPS) is 10.4. The summed E-state index contributed by atoms with van der Waals surface area (Å²) in [5.41, 5.74) is 4.29. The average molecular weight is 508 g/mol. The van der Waals surface area contributed by atoms with Gasteiger partial charge in [0.25, 0.3) is 5.91 Å². The molecule has 0 unspecified atom stereocenters. The van der Waals surface area contributed by atoms with Crippen molar-refractivity contribution in [2.75, 3.05) is 30.8 Å². The topological polar surface area (TPSA) is 70.7 Å². The van der Waals surface area contributed by atoms with Gasteiger partial charge in [-0.3, -0.25) is 9.59 Å². The molecular weight excluding hydrogens is 474 g/mol. The van der Waals surface area contributed by atoms with E-state index in [0.717, 1.165) is 24.2 Å². The molecular formula is C32H33N3O3. The van der Waals surface area contributed by atoms with Gasteiger partial charge in [0.05, 0.1) is 13.2 Å². The fraction of sp³-hybridized carbons (Fsp3) is 0.188. The van der Waals surface area contributed by atoms with Gasteiger partial charge in [0.15, 0.2) is 0 Å². The number of anilines is 2. The van der Waals surface area contributed by atoms with Crippen molar-refractivity contribution in [2.45, 2.75) is 19.4 Å². The Balaban J connectivity index is 1.23. The number of amides is 2. The van der Waals surface area contributed by atoms with Crippen molar-refractivity contribution in [3.05, 3.63) is 126 Å². The molecule has 0 aliphatic rings. The Labute approximate surface area is 224 Å². The zero-order chi connectivity index (χ0) is 26.6. The lowest BCUT2D eigenvalue weighted by molar-refractivity contribution is -0.114. The Morgan fingerprint density at radius 3 is 2.21 bits per heavy atom. The van der Waals surface area contributed by atoms with Crippen molar-refractivity contribution >= 4 is 23.2 Å². The maximum atomic E-state index is 12.9. The predicted molar refractivity (Wildman–Crippen MR) is 153 cm³/mol. The van der Waals surface area contributed by atoms with E-state index in [1.54, 1.807) is 24.1 Å². The Morgan fingerprint density at radius 1 is 0.763 bits per heavy atom. The predicted octanol–water partition coefficient (Wildman–Crippen LogP) is 6.02. The van der Waals surface area contributed by atoms with Gasteiger partial charge in [-0.05, 0) is 54.3 Å². The molecule has 2 N–H and O–H groups in total. The Bertz CT molecular complexity index is 1330. The quantitative estimate of drug-likeness (QED) is 0.230. The smallest absolute Gasteiger partial charge is 0.253 e. The summed E-state index contributed by atoms with van der Waals surface area (Å²) < 4.78 is 5.87. The van der Waals surface area contributed by atoms with Crippen molar-refractivity contribution in [3.63, 3.8) is 0 Å². The first-order valence-corrected chi connectivity index (χ1v) is 12.8. The molecule has 0 atom stereocenters. The number of carbonyl (C=O) groups excluding carboxylic acids is 2. The maximum Gasteiger partial charge on any atom is 0.253 e. The molecule has 0 bridgehead atoms. The number of benzene rings is 4. The van der Waals surface area contributed by atoms with Crippen molar-refractivity contribution < 1.29 is 14.3 Å². The van der Waals surface area contributed by atoms with E-state index >= 15 is 0 Å². The Hall–Kier alpha value is -4.58. The number of aryl methyl sites for hydroxylation is 1. The van der Waals surface area contributed by atoms with Crippen molar-refractivity contribution in [1.29, 1.82) is 0 Å². The van der Waals surface area contributed by atoms with Gasteiger partial charge in [-0.1, -0.05) is 72.8 Å². The minimum atomic E-state index is -0.191. The molecule has 0 radical (unpaired) electrons. The van der Waals surface area contributed by atoms with Crippen LogP contribution in [0.4, 0.5) is 11.4 Å². The van der Waals surface area contributed by atoms with Crippen molar-refractivity contribution in [1.82, 2.24) is 4.90 Å². The van der Waals surface area contributed by atoms with Crippen LogP contribution in [0.25, 0.3) is 0 Å². The monoisotopic (exact) mass is 507 g/mol. The first kappa shape index (κ1) is 26.5. The molecule has 4 aromatic carbocycles. The summed E-state index contributed by atoms with van der Waals surface area (Å²) in [5, 5.41) is 6.00. The fourth-order valence-electron chi connectivity index (χ4n) is 4.07. The lowest BCUT2D eigenvalue weighted by Gasteiger charge is -2.18. The molecule has 0 aliphatic carbocycles. The van der Waals surface area contributed by atoms with Crippen LogP contribution in [0.15, 0.2) is 109 Å². The molecule has 0 aliphatic heterocycles. The molecule has 6 heteroatoms. The van der Waals surface area contributed by atoms with Crippen LogP contribution in [0.2, 0.25) is 0 Å². The van der Waals surface area contributed by atoms with E-state index in [2.05, 4.69) is 22.8 Å². The highest BCUT2D eigenvalue weighted by Crippen LogP contribution is 2.18. The van der Waals surface area contributed by atoms with Crippen LogP contribution in [0.3, 0.4) is 0 Å². The van der Waals surface area contributed by atoms with Crippen molar-refractivity contribution in [2.24, 2.45) is 0 Å². The summed E-state index contributed by atoms with van der Waals surface area (Å²) in [6, 6.07) is 34.8. The minimum Gasteiger partial charge on any atom is -0.494 e. The maximum absolute atomic E-state index is 12.9. The third-order valence-corrected chi connectivity index (χ3v) is 6.01. The minimum absolute atomic E-state index is 0.0691. The second kappa shape index (κ2) is 13.7. The molecule has 0 spiro atoms. The number of hydrogen-bond donors (Lipinski definition) is 2. The summed E-state index contributed by atoms with van der Waals surface area (Å²) >= 11 is 0. The zero-order valence-electron chi connectivity index (χ0n) is 21.6. The third-order valence-electron chi connectivity index (χ3n) is 6.01. The number of nitrogens with zero attached hydrogens (tertiary/aromatic N) is 1. The highest BCUT2D eigenvalue weighted by Gasteiger charge is 2.13. The number of ether oxygens (including phenoxy) is 1. The standard InChI is InChI=1S/C32H33N3O3/c1-35(24-26-13-6-3-7-14-26)32(37)27-16-8-17-28(21-27)33-23-31(36)34-29-18-9-19-30(22-29)38-20-10-15-25-11-4-2-5-12-25/h2-9,11-14,16-19,21-22,33H,10,15,20,23-24H2,1H3,(H,34,36). The van der Waals surface area contributed by atoms with E-state index in [1.807, 2.05) is 84.9 Å². The van der Waals surface area contributed by atoms with Crippen LogP contribution < -0.4 is 15.4 Å². The summed E-state index contributed by atoms with van der Waals surface area (Å²) in [7, 11) is 1.78. The summed E-state index contributed by atoms with van der Waals surface area (Å²) in [5.74, 6) is 0.446. The molecule has 0 aromatic heterocycles. The fourth-order valence-corrected chi connectivity index (χ4v) is 4.07. The highest BCUT2D eigenvalue weighted by atomic mass is 16.5. The largest absolute Gasteiger partial charge is 0.494 e.